The predicted molar refractivity (Wildman–Crippen MR) is 57.9 cm³/mol. The van der Waals surface area contributed by atoms with E-state index >= 15 is 0 Å². The number of carboxylic acid groups (broad SMARTS) is 1. The summed E-state index contributed by atoms with van der Waals surface area (Å²) in [7, 11) is 0. The van der Waals surface area contributed by atoms with Gasteiger partial charge in [0.25, 0.3) is 0 Å². The van der Waals surface area contributed by atoms with E-state index in [4.69, 9.17) is 14.9 Å². The molecule has 0 amide bonds. The maximum Gasteiger partial charge on any atom is 0.334 e. The van der Waals surface area contributed by atoms with Crippen LogP contribution < -0.4 is 0 Å². The summed E-state index contributed by atoms with van der Waals surface area (Å²) < 4.78 is 4.89. The molecule has 0 aliphatic carbocycles. The fraction of sp³-hybridized carbons (Fsp3) is 0.636. The number of carbonyl (C=O) groups is 2. The summed E-state index contributed by atoms with van der Waals surface area (Å²) in [4.78, 5) is 21.9. The third-order valence-electron chi connectivity index (χ3n) is 1.90. The van der Waals surface area contributed by atoms with Crippen LogP contribution in [0, 0.1) is 0 Å². The van der Waals surface area contributed by atoms with Crippen LogP contribution in [-0.4, -0.2) is 35.4 Å². The predicted octanol–water partition coefficient (Wildman–Crippen LogP) is 1.11. The molecule has 0 aromatic carbocycles. The van der Waals surface area contributed by atoms with Crippen molar-refractivity contribution in [3.63, 3.8) is 0 Å². The van der Waals surface area contributed by atoms with Crippen LogP contribution in [0.25, 0.3) is 0 Å². The number of hydrogen-bond donors (Lipinski definition) is 2. The summed E-state index contributed by atoms with van der Waals surface area (Å²) in [5.74, 6) is -1.79. The van der Waals surface area contributed by atoms with E-state index in [2.05, 4.69) is 0 Å². The van der Waals surface area contributed by atoms with E-state index in [9.17, 15) is 9.59 Å². The maximum absolute atomic E-state index is 11.4. The third kappa shape index (κ3) is 7.00. The Morgan fingerprint density at radius 3 is 2.50 bits per heavy atom. The number of hydrogen-bond acceptors (Lipinski definition) is 4. The zero-order valence-corrected chi connectivity index (χ0v) is 9.44. The van der Waals surface area contributed by atoms with Crippen molar-refractivity contribution in [1.82, 2.24) is 0 Å². The number of aliphatic hydroxyl groups is 1. The number of unbranched alkanes of at least 4 members (excludes halogenated alkanes) is 1. The van der Waals surface area contributed by atoms with Gasteiger partial charge >= 0.3 is 11.9 Å². The van der Waals surface area contributed by atoms with Gasteiger partial charge < -0.3 is 14.9 Å². The molecule has 0 aliphatic heterocycles. The van der Waals surface area contributed by atoms with Crippen LogP contribution in [0.1, 0.15) is 32.6 Å². The van der Waals surface area contributed by atoms with Gasteiger partial charge in [0.2, 0.25) is 0 Å². The van der Waals surface area contributed by atoms with Crippen molar-refractivity contribution in [2.75, 3.05) is 13.2 Å². The van der Waals surface area contributed by atoms with Gasteiger partial charge in [0.1, 0.15) is 0 Å². The fourth-order valence-electron chi connectivity index (χ4n) is 1.05. The lowest BCUT2D eigenvalue weighted by atomic mass is 10.1. The molecule has 0 saturated heterocycles. The largest absolute Gasteiger partial charge is 0.478 e. The van der Waals surface area contributed by atoms with Crippen LogP contribution in [0.3, 0.4) is 0 Å². The van der Waals surface area contributed by atoms with Crippen LogP contribution in [0.4, 0.5) is 0 Å². The van der Waals surface area contributed by atoms with Crippen molar-refractivity contribution < 1.29 is 24.5 Å². The van der Waals surface area contributed by atoms with Gasteiger partial charge in [-0.2, -0.15) is 0 Å². The Bertz CT molecular complexity index is 257. The minimum Gasteiger partial charge on any atom is -0.478 e. The highest BCUT2D eigenvalue weighted by Crippen LogP contribution is 2.08. The molecule has 0 saturated carbocycles. The first kappa shape index (κ1) is 14.6. The average Bonchev–Trinajstić information content (AvgIpc) is 2.23. The van der Waals surface area contributed by atoms with Crippen LogP contribution in [0.2, 0.25) is 0 Å². The third-order valence-corrected chi connectivity index (χ3v) is 1.90. The van der Waals surface area contributed by atoms with Gasteiger partial charge in [0.05, 0.1) is 6.61 Å². The highest BCUT2D eigenvalue weighted by molar-refractivity contribution is 5.95. The number of rotatable bonds is 8. The Labute approximate surface area is 94.7 Å². The lowest BCUT2D eigenvalue weighted by Crippen LogP contribution is -2.11. The molecular weight excluding hydrogens is 212 g/mol. The SMILES string of the molecule is CCCCOC(=O)C(=CC(=O)O)CCCO. The van der Waals surface area contributed by atoms with Crippen LogP contribution in [-0.2, 0) is 14.3 Å². The average molecular weight is 230 g/mol. The van der Waals surface area contributed by atoms with Gasteiger partial charge in [-0.05, 0) is 19.3 Å². The summed E-state index contributed by atoms with van der Waals surface area (Å²) in [5.41, 5.74) is 0.0950. The highest BCUT2D eigenvalue weighted by atomic mass is 16.5. The number of ether oxygens (including phenoxy) is 1. The lowest BCUT2D eigenvalue weighted by molar-refractivity contribution is -0.140. The first-order valence-corrected chi connectivity index (χ1v) is 5.33. The Kier molecular flexibility index (Phi) is 8.15. The standard InChI is InChI=1S/C11H18O5/c1-2-3-7-16-11(15)9(5-4-6-12)8-10(13)14/h8,12H,2-7H2,1H3,(H,13,14). The van der Waals surface area contributed by atoms with Crippen molar-refractivity contribution in [2.45, 2.75) is 32.6 Å². The van der Waals surface area contributed by atoms with Crippen molar-refractivity contribution in [2.24, 2.45) is 0 Å². The molecule has 5 nitrogen and oxygen atoms in total. The molecule has 0 radical (unpaired) electrons. The van der Waals surface area contributed by atoms with Crippen LogP contribution in [0.5, 0.6) is 0 Å². The zero-order chi connectivity index (χ0) is 12.4. The number of esters is 1. The smallest absolute Gasteiger partial charge is 0.334 e. The van der Waals surface area contributed by atoms with E-state index in [0.717, 1.165) is 18.9 Å². The molecule has 0 bridgehead atoms. The minimum atomic E-state index is -1.18. The molecule has 0 atom stereocenters. The van der Waals surface area contributed by atoms with Crippen molar-refractivity contribution in [3.05, 3.63) is 11.6 Å². The van der Waals surface area contributed by atoms with E-state index in [1.165, 1.54) is 0 Å². The second kappa shape index (κ2) is 8.91. The van der Waals surface area contributed by atoms with Gasteiger partial charge in [-0.1, -0.05) is 13.3 Å². The van der Waals surface area contributed by atoms with E-state index < -0.39 is 11.9 Å². The van der Waals surface area contributed by atoms with E-state index in [1.807, 2.05) is 6.92 Å². The second-order valence-electron chi connectivity index (χ2n) is 3.32. The Balaban J connectivity index is 4.27. The first-order chi connectivity index (χ1) is 7.61. The van der Waals surface area contributed by atoms with E-state index in [-0.39, 0.29) is 18.6 Å². The molecule has 0 heterocycles. The van der Waals surface area contributed by atoms with Gasteiger partial charge in [-0.25, -0.2) is 9.59 Å². The molecular formula is C11H18O5. The second-order valence-corrected chi connectivity index (χ2v) is 3.32. The van der Waals surface area contributed by atoms with Gasteiger partial charge in [-0.15, -0.1) is 0 Å². The quantitative estimate of drug-likeness (QED) is 0.371. The highest BCUT2D eigenvalue weighted by Gasteiger charge is 2.12. The van der Waals surface area contributed by atoms with Gasteiger partial charge in [0.15, 0.2) is 0 Å². The topological polar surface area (TPSA) is 83.8 Å². The molecule has 0 aromatic rings. The molecule has 0 spiro atoms. The van der Waals surface area contributed by atoms with E-state index in [1.54, 1.807) is 0 Å². The summed E-state index contributed by atoms with van der Waals surface area (Å²) in [6, 6.07) is 0. The first-order valence-electron chi connectivity index (χ1n) is 5.33. The molecule has 92 valence electrons. The van der Waals surface area contributed by atoms with Crippen molar-refractivity contribution in [3.8, 4) is 0 Å². The summed E-state index contributed by atoms with van der Waals surface area (Å²) in [5, 5.41) is 17.2. The fourth-order valence-corrected chi connectivity index (χ4v) is 1.05. The monoisotopic (exact) mass is 230 g/mol. The minimum absolute atomic E-state index is 0.0841. The molecule has 0 fully saturated rings. The molecule has 0 rings (SSSR count). The van der Waals surface area contributed by atoms with Gasteiger partial charge in [0, 0.05) is 18.3 Å². The van der Waals surface area contributed by atoms with Crippen molar-refractivity contribution in [1.29, 1.82) is 0 Å². The Hall–Kier alpha value is -1.36. The maximum atomic E-state index is 11.4. The van der Waals surface area contributed by atoms with Crippen LogP contribution >= 0.6 is 0 Å². The zero-order valence-electron chi connectivity index (χ0n) is 9.44. The van der Waals surface area contributed by atoms with Crippen LogP contribution in [0.15, 0.2) is 11.6 Å². The van der Waals surface area contributed by atoms with E-state index in [0.29, 0.717) is 13.0 Å². The summed E-state index contributed by atoms with van der Waals surface area (Å²) >= 11 is 0. The van der Waals surface area contributed by atoms with Gasteiger partial charge in [-0.3, -0.25) is 0 Å². The molecule has 0 unspecified atom stereocenters. The molecule has 5 heteroatoms. The normalized spacial score (nSPS) is 11.2. The number of aliphatic carboxylic acids is 1. The molecule has 0 aromatic heterocycles. The number of carboxylic acids is 1. The summed E-state index contributed by atoms with van der Waals surface area (Å²) in [6.45, 7) is 2.18. The lowest BCUT2D eigenvalue weighted by Gasteiger charge is -2.06. The van der Waals surface area contributed by atoms with Crippen molar-refractivity contribution >= 4 is 11.9 Å². The Morgan fingerprint density at radius 1 is 1.31 bits per heavy atom. The molecule has 0 aliphatic rings. The number of carbonyl (C=O) groups excluding carboxylic acids is 1. The molecule has 16 heavy (non-hydrogen) atoms. The number of aliphatic hydroxyl groups excluding tert-OH is 1. The summed E-state index contributed by atoms with van der Waals surface area (Å²) in [6.07, 6.45) is 3.06. The Morgan fingerprint density at radius 2 is 2.00 bits per heavy atom. The molecule has 2 N–H and O–H groups in total.